The molecular weight excluding hydrogens is 198 g/mol. The maximum Gasteiger partial charge on any atom is 0.338 e. The molecule has 0 amide bonds. The molecule has 2 aromatic rings. The largest absolute Gasteiger partial charge is 0.478 e. The molecule has 78 valence electrons. The van der Waals surface area contributed by atoms with Gasteiger partial charge in [-0.25, -0.2) is 9.78 Å². The van der Waals surface area contributed by atoms with Gasteiger partial charge >= 0.3 is 5.97 Å². The highest BCUT2D eigenvalue weighted by molar-refractivity contribution is 6.00. The maximum atomic E-state index is 11.2. The SMILES string of the molecule is Cc1nc2[nH]c(=O)cc(C(=O)O)c2n1C. The van der Waals surface area contributed by atoms with Crippen LogP contribution in [0.5, 0.6) is 0 Å². The molecule has 0 saturated heterocycles. The minimum absolute atomic E-state index is 0.0307. The third-order valence-electron chi connectivity index (χ3n) is 2.32. The van der Waals surface area contributed by atoms with Gasteiger partial charge in [0.25, 0.3) is 5.56 Å². The van der Waals surface area contributed by atoms with Gasteiger partial charge in [-0.2, -0.15) is 0 Å². The van der Waals surface area contributed by atoms with Gasteiger partial charge in [-0.1, -0.05) is 0 Å². The Morgan fingerprint density at radius 2 is 2.27 bits per heavy atom. The van der Waals surface area contributed by atoms with E-state index < -0.39 is 11.5 Å². The number of aromatic nitrogens is 3. The lowest BCUT2D eigenvalue weighted by molar-refractivity contribution is 0.0698. The number of aromatic amines is 1. The van der Waals surface area contributed by atoms with Crippen LogP contribution in [0.3, 0.4) is 0 Å². The first-order valence-corrected chi connectivity index (χ1v) is 4.30. The van der Waals surface area contributed by atoms with Gasteiger partial charge in [-0.3, -0.25) is 4.79 Å². The van der Waals surface area contributed by atoms with Crippen LogP contribution >= 0.6 is 0 Å². The van der Waals surface area contributed by atoms with Crippen molar-refractivity contribution in [2.45, 2.75) is 6.92 Å². The predicted octanol–water partition coefficient (Wildman–Crippen LogP) is 0.268. The van der Waals surface area contributed by atoms with E-state index in [9.17, 15) is 9.59 Å². The number of hydrogen-bond donors (Lipinski definition) is 2. The van der Waals surface area contributed by atoms with Crippen LogP contribution in [0.15, 0.2) is 10.9 Å². The van der Waals surface area contributed by atoms with Crippen LogP contribution < -0.4 is 5.56 Å². The number of pyridine rings is 1. The van der Waals surface area contributed by atoms with Crippen LogP contribution in [0.2, 0.25) is 0 Å². The maximum absolute atomic E-state index is 11.2. The molecule has 0 saturated carbocycles. The molecule has 0 aliphatic rings. The molecule has 0 unspecified atom stereocenters. The summed E-state index contributed by atoms with van der Waals surface area (Å²) in [6.45, 7) is 1.74. The highest BCUT2D eigenvalue weighted by Gasteiger charge is 2.15. The van der Waals surface area contributed by atoms with E-state index in [1.165, 1.54) is 0 Å². The molecule has 2 N–H and O–H groups in total. The van der Waals surface area contributed by atoms with Gasteiger partial charge in [0.2, 0.25) is 0 Å². The Bertz CT molecular complexity index is 609. The van der Waals surface area contributed by atoms with E-state index in [2.05, 4.69) is 9.97 Å². The van der Waals surface area contributed by atoms with E-state index in [1.807, 2.05) is 0 Å². The summed E-state index contributed by atoms with van der Waals surface area (Å²) < 4.78 is 1.63. The number of rotatable bonds is 1. The lowest BCUT2D eigenvalue weighted by atomic mass is 10.2. The first kappa shape index (κ1) is 9.45. The monoisotopic (exact) mass is 207 g/mol. The molecule has 2 aromatic heterocycles. The summed E-state index contributed by atoms with van der Waals surface area (Å²) in [5.74, 6) is -0.483. The normalized spacial score (nSPS) is 10.8. The summed E-state index contributed by atoms with van der Waals surface area (Å²) in [6.07, 6.45) is 0. The fraction of sp³-hybridized carbons (Fsp3) is 0.222. The minimum Gasteiger partial charge on any atom is -0.478 e. The number of aryl methyl sites for hydroxylation is 2. The molecule has 0 aliphatic heterocycles. The summed E-state index contributed by atoms with van der Waals surface area (Å²) in [7, 11) is 1.70. The van der Waals surface area contributed by atoms with Gasteiger partial charge in [-0.05, 0) is 6.92 Å². The second-order valence-electron chi connectivity index (χ2n) is 3.27. The molecule has 2 heterocycles. The number of nitrogens with zero attached hydrogens (tertiary/aromatic N) is 2. The number of aromatic carboxylic acids is 1. The van der Waals surface area contributed by atoms with Crippen molar-refractivity contribution >= 4 is 17.1 Å². The average molecular weight is 207 g/mol. The van der Waals surface area contributed by atoms with Crippen LogP contribution in [0.1, 0.15) is 16.2 Å². The number of H-pyrrole nitrogens is 1. The van der Waals surface area contributed by atoms with E-state index in [0.29, 0.717) is 17.0 Å². The molecule has 0 atom stereocenters. The van der Waals surface area contributed by atoms with E-state index in [-0.39, 0.29) is 5.56 Å². The van der Waals surface area contributed by atoms with Crippen molar-refractivity contribution in [1.29, 1.82) is 0 Å². The number of carboxylic acids is 1. The molecule has 2 rings (SSSR count). The summed E-state index contributed by atoms with van der Waals surface area (Å²) in [5.41, 5.74) is 0.245. The molecule has 15 heavy (non-hydrogen) atoms. The Balaban J connectivity index is 3.01. The first-order chi connectivity index (χ1) is 7.00. The Morgan fingerprint density at radius 1 is 1.60 bits per heavy atom. The fourth-order valence-corrected chi connectivity index (χ4v) is 1.52. The summed E-state index contributed by atoms with van der Waals surface area (Å²) in [6, 6.07) is 1.06. The topological polar surface area (TPSA) is 88.0 Å². The number of imidazole rings is 1. The van der Waals surface area contributed by atoms with E-state index in [4.69, 9.17) is 5.11 Å². The number of nitrogens with one attached hydrogen (secondary N) is 1. The van der Waals surface area contributed by atoms with Gasteiger partial charge in [0.1, 0.15) is 11.3 Å². The Morgan fingerprint density at radius 3 is 2.87 bits per heavy atom. The quantitative estimate of drug-likeness (QED) is 0.702. The lowest BCUT2D eigenvalue weighted by Gasteiger charge is -1.99. The van der Waals surface area contributed by atoms with Gasteiger partial charge in [-0.15, -0.1) is 0 Å². The molecule has 0 bridgehead atoms. The van der Waals surface area contributed by atoms with Gasteiger partial charge < -0.3 is 14.7 Å². The second-order valence-corrected chi connectivity index (χ2v) is 3.27. The van der Waals surface area contributed by atoms with E-state index >= 15 is 0 Å². The smallest absolute Gasteiger partial charge is 0.338 e. The Labute approximate surface area is 84.2 Å². The van der Waals surface area contributed by atoms with Gasteiger partial charge in [0.15, 0.2) is 5.65 Å². The second kappa shape index (κ2) is 2.94. The van der Waals surface area contributed by atoms with Crippen molar-refractivity contribution in [1.82, 2.24) is 14.5 Å². The van der Waals surface area contributed by atoms with Gasteiger partial charge in [0.05, 0.1) is 5.56 Å². The number of carbonyl (C=O) groups is 1. The van der Waals surface area contributed by atoms with Crippen molar-refractivity contribution in [2.24, 2.45) is 7.05 Å². The highest BCUT2D eigenvalue weighted by Crippen LogP contribution is 2.15. The zero-order valence-corrected chi connectivity index (χ0v) is 8.24. The molecule has 6 nitrogen and oxygen atoms in total. The standard InChI is InChI=1S/C9H9N3O3/c1-4-10-8-7(12(4)2)5(9(14)15)3-6(13)11-8/h3H,1-2H3,(H,11,13)(H,14,15). The van der Waals surface area contributed by atoms with Crippen molar-refractivity contribution in [3.8, 4) is 0 Å². The minimum atomic E-state index is -1.13. The third-order valence-corrected chi connectivity index (χ3v) is 2.32. The van der Waals surface area contributed by atoms with Crippen LogP contribution in [-0.2, 0) is 7.05 Å². The van der Waals surface area contributed by atoms with Crippen LogP contribution in [-0.4, -0.2) is 25.6 Å². The summed E-state index contributed by atoms with van der Waals surface area (Å²) in [5, 5.41) is 8.95. The zero-order valence-electron chi connectivity index (χ0n) is 8.24. The Kier molecular flexibility index (Phi) is 1.85. The third kappa shape index (κ3) is 1.30. The van der Waals surface area contributed by atoms with Crippen molar-refractivity contribution in [3.63, 3.8) is 0 Å². The molecule has 0 radical (unpaired) electrons. The van der Waals surface area contributed by atoms with Crippen molar-refractivity contribution in [2.75, 3.05) is 0 Å². The molecule has 0 aromatic carbocycles. The average Bonchev–Trinajstić information content (AvgIpc) is 2.41. The number of fused-ring (bicyclic) bond motifs is 1. The zero-order chi connectivity index (χ0) is 11.2. The molecular formula is C9H9N3O3. The molecule has 0 fully saturated rings. The summed E-state index contributed by atoms with van der Waals surface area (Å²) in [4.78, 5) is 28.7. The first-order valence-electron chi connectivity index (χ1n) is 4.30. The summed E-state index contributed by atoms with van der Waals surface area (Å²) >= 11 is 0. The van der Waals surface area contributed by atoms with E-state index in [1.54, 1.807) is 18.5 Å². The number of carboxylic acid groups (broad SMARTS) is 1. The highest BCUT2D eigenvalue weighted by atomic mass is 16.4. The van der Waals surface area contributed by atoms with Crippen LogP contribution in [0, 0.1) is 6.92 Å². The van der Waals surface area contributed by atoms with Crippen molar-refractivity contribution < 1.29 is 9.90 Å². The van der Waals surface area contributed by atoms with Gasteiger partial charge in [0, 0.05) is 13.1 Å². The molecule has 0 spiro atoms. The van der Waals surface area contributed by atoms with Crippen molar-refractivity contribution in [3.05, 3.63) is 27.8 Å². The van der Waals surface area contributed by atoms with E-state index in [0.717, 1.165) is 6.07 Å². The number of hydrogen-bond acceptors (Lipinski definition) is 3. The van der Waals surface area contributed by atoms with Crippen LogP contribution in [0.4, 0.5) is 0 Å². The molecule has 6 heteroatoms. The lowest BCUT2D eigenvalue weighted by Crippen LogP contribution is -2.11. The fourth-order valence-electron chi connectivity index (χ4n) is 1.52. The predicted molar refractivity (Wildman–Crippen MR) is 53.0 cm³/mol. The van der Waals surface area contributed by atoms with Crippen LogP contribution in [0.25, 0.3) is 11.2 Å². The Hall–Kier alpha value is -2.11. The molecule has 0 aliphatic carbocycles.